The summed E-state index contributed by atoms with van der Waals surface area (Å²) in [5.74, 6) is -0.808. The maximum absolute atomic E-state index is 10.3. The Hall–Kier alpha value is -1.84. The maximum atomic E-state index is 10.3. The van der Waals surface area contributed by atoms with Gasteiger partial charge in [0.05, 0.1) is 6.54 Å². The van der Waals surface area contributed by atoms with Gasteiger partial charge in [-0.05, 0) is 41.3 Å². The van der Waals surface area contributed by atoms with Crippen molar-refractivity contribution in [2.24, 2.45) is 5.92 Å². The second-order valence-corrected chi connectivity index (χ2v) is 5.69. The first-order valence-corrected chi connectivity index (χ1v) is 7.08. The smallest absolute Gasteiger partial charge is 0.215 e. The standard InChI is InChI=1S/C17H17NO2/c19-17(16-7-8-16)9-10-18(20-17)12-13-5-6-14-3-1-2-4-15(14)11-13/h1-6,9-11,16,19H,7-8,12H2. The van der Waals surface area contributed by atoms with Gasteiger partial charge in [-0.1, -0.05) is 36.4 Å². The number of nitrogens with zero attached hydrogens (tertiary/aromatic N) is 1. The van der Waals surface area contributed by atoms with Crippen molar-refractivity contribution >= 4 is 10.8 Å². The number of hydrogen-bond donors (Lipinski definition) is 1. The molecule has 1 aliphatic carbocycles. The number of rotatable bonds is 3. The molecule has 0 radical (unpaired) electrons. The molecule has 0 bridgehead atoms. The van der Waals surface area contributed by atoms with Crippen molar-refractivity contribution in [3.63, 3.8) is 0 Å². The van der Waals surface area contributed by atoms with Crippen molar-refractivity contribution in [1.29, 1.82) is 0 Å². The quantitative estimate of drug-likeness (QED) is 0.927. The van der Waals surface area contributed by atoms with Crippen LogP contribution < -0.4 is 0 Å². The van der Waals surface area contributed by atoms with E-state index >= 15 is 0 Å². The summed E-state index contributed by atoms with van der Waals surface area (Å²) in [7, 11) is 0. The minimum Gasteiger partial charge on any atom is -0.360 e. The number of hydroxylamine groups is 2. The van der Waals surface area contributed by atoms with Crippen LogP contribution in [0.1, 0.15) is 18.4 Å². The van der Waals surface area contributed by atoms with Crippen molar-refractivity contribution in [3.8, 4) is 0 Å². The fraction of sp³-hybridized carbons (Fsp3) is 0.294. The summed E-state index contributed by atoms with van der Waals surface area (Å²) in [6.07, 6.45) is 5.70. The van der Waals surface area contributed by atoms with E-state index in [1.54, 1.807) is 11.1 Å². The van der Waals surface area contributed by atoms with Crippen LogP contribution in [-0.2, 0) is 11.4 Å². The lowest BCUT2D eigenvalue weighted by Crippen LogP contribution is -2.33. The summed E-state index contributed by atoms with van der Waals surface area (Å²) in [5, 5.41) is 14.5. The van der Waals surface area contributed by atoms with Gasteiger partial charge in [-0.15, -0.1) is 0 Å². The van der Waals surface area contributed by atoms with Gasteiger partial charge in [-0.3, -0.25) is 5.06 Å². The zero-order valence-corrected chi connectivity index (χ0v) is 11.2. The highest BCUT2D eigenvalue weighted by Crippen LogP contribution is 2.44. The van der Waals surface area contributed by atoms with E-state index in [9.17, 15) is 5.11 Å². The van der Waals surface area contributed by atoms with E-state index in [1.807, 2.05) is 18.3 Å². The zero-order chi connectivity index (χ0) is 13.6. The summed E-state index contributed by atoms with van der Waals surface area (Å²) in [6.45, 7) is 0.649. The first-order valence-electron chi connectivity index (χ1n) is 7.08. The van der Waals surface area contributed by atoms with Gasteiger partial charge in [-0.25, -0.2) is 4.84 Å². The van der Waals surface area contributed by atoms with Gasteiger partial charge in [0.25, 0.3) is 0 Å². The topological polar surface area (TPSA) is 32.7 Å². The molecule has 102 valence electrons. The van der Waals surface area contributed by atoms with Gasteiger partial charge in [0.15, 0.2) is 0 Å². The molecule has 0 aromatic heterocycles. The molecule has 20 heavy (non-hydrogen) atoms. The van der Waals surface area contributed by atoms with E-state index in [4.69, 9.17) is 4.84 Å². The highest BCUT2D eigenvalue weighted by atomic mass is 16.8. The van der Waals surface area contributed by atoms with Gasteiger partial charge >= 0.3 is 0 Å². The molecule has 1 aliphatic heterocycles. The first kappa shape index (κ1) is 11.9. The Morgan fingerprint density at radius 2 is 1.95 bits per heavy atom. The molecule has 0 spiro atoms. The number of hydrogen-bond acceptors (Lipinski definition) is 3. The summed E-state index contributed by atoms with van der Waals surface area (Å²) in [6, 6.07) is 14.7. The van der Waals surface area contributed by atoms with Gasteiger partial charge in [0, 0.05) is 12.1 Å². The van der Waals surface area contributed by atoms with Crippen molar-refractivity contribution in [1.82, 2.24) is 5.06 Å². The lowest BCUT2D eigenvalue weighted by atomic mass is 10.1. The van der Waals surface area contributed by atoms with Crippen LogP contribution in [0.5, 0.6) is 0 Å². The molecule has 1 atom stereocenters. The lowest BCUT2D eigenvalue weighted by Gasteiger charge is -2.24. The first-order chi connectivity index (χ1) is 9.73. The van der Waals surface area contributed by atoms with Crippen LogP contribution in [0.4, 0.5) is 0 Å². The van der Waals surface area contributed by atoms with Crippen molar-refractivity contribution < 1.29 is 9.94 Å². The summed E-state index contributed by atoms with van der Waals surface area (Å²) in [4.78, 5) is 5.67. The fourth-order valence-corrected chi connectivity index (χ4v) is 2.75. The van der Waals surface area contributed by atoms with E-state index in [2.05, 4.69) is 30.3 Å². The average Bonchev–Trinajstić information content (AvgIpc) is 3.25. The molecule has 1 heterocycles. The largest absolute Gasteiger partial charge is 0.360 e. The molecule has 1 saturated carbocycles. The predicted octanol–water partition coefficient (Wildman–Crippen LogP) is 3.20. The molecule has 1 N–H and O–H groups in total. The molecular formula is C17H17NO2. The molecule has 3 heteroatoms. The monoisotopic (exact) mass is 267 g/mol. The van der Waals surface area contributed by atoms with E-state index in [1.165, 1.54) is 16.3 Å². The zero-order valence-electron chi connectivity index (χ0n) is 11.2. The molecule has 2 aromatic carbocycles. The van der Waals surface area contributed by atoms with E-state index < -0.39 is 5.79 Å². The Morgan fingerprint density at radius 3 is 2.75 bits per heavy atom. The third-order valence-corrected chi connectivity index (χ3v) is 4.06. The Balaban J connectivity index is 1.52. The second kappa shape index (κ2) is 4.33. The van der Waals surface area contributed by atoms with E-state index in [0.29, 0.717) is 6.54 Å². The highest BCUT2D eigenvalue weighted by molar-refractivity contribution is 5.82. The van der Waals surface area contributed by atoms with E-state index in [-0.39, 0.29) is 5.92 Å². The van der Waals surface area contributed by atoms with Gasteiger partial charge < -0.3 is 5.11 Å². The minimum atomic E-state index is -1.07. The van der Waals surface area contributed by atoms with Crippen LogP contribution in [-0.4, -0.2) is 16.0 Å². The van der Waals surface area contributed by atoms with Gasteiger partial charge in [-0.2, -0.15) is 0 Å². The molecule has 0 amide bonds. The minimum absolute atomic E-state index is 0.264. The van der Waals surface area contributed by atoms with Crippen molar-refractivity contribution in [2.75, 3.05) is 0 Å². The van der Waals surface area contributed by atoms with Crippen LogP contribution in [0, 0.1) is 5.92 Å². The van der Waals surface area contributed by atoms with Gasteiger partial charge in [0.1, 0.15) is 0 Å². The Morgan fingerprint density at radius 1 is 1.15 bits per heavy atom. The number of fused-ring (bicyclic) bond motifs is 1. The van der Waals surface area contributed by atoms with Crippen LogP contribution in [0.25, 0.3) is 10.8 Å². The third kappa shape index (κ3) is 2.09. The molecule has 3 nitrogen and oxygen atoms in total. The summed E-state index contributed by atoms with van der Waals surface area (Å²) in [5.41, 5.74) is 1.17. The number of aliphatic hydroxyl groups is 1. The fourth-order valence-electron chi connectivity index (χ4n) is 2.75. The molecule has 2 aliphatic rings. The van der Waals surface area contributed by atoms with Crippen LogP contribution in [0.15, 0.2) is 54.7 Å². The Kier molecular flexibility index (Phi) is 2.59. The van der Waals surface area contributed by atoms with Crippen LogP contribution in [0.3, 0.4) is 0 Å². The lowest BCUT2D eigenvalue weighted by molar-refractivity contribution is -0.281. The van der Waals surface area contributed by atoms with E-state index in [0.717, 1.165) is 12.8 Å². The Bertz CT molecular complexity index is 677. The van der Waals surface area contributed by atoms with Crippen molar-refractivity contribution in [2.45, 2.75) is 25.2 Å². The maximum Gasteiger partial charge on any atom is 0.215 e. The summed E-state index contributed by atoms with van der Waals surface area (Å²) >= 11 is 0. The summed E-state index contributed by atoms with van der Waals surface area (Å²) < 4.78 is 0. The molecule has 0 saturated heterocycles. The predicted molar refractivity (Wildman–Crippen MR) is 77.4 cm³/mol. The van der Waals surface area contributed by atoms with Crippen LogP contribution in [0.2, 0.25) is 0 Å². The Labute approximate surface area is 118 Å². The van der Waals surface area contributed by atoms with Gasteiger partial charge in [0.2, 0.25) is 5.79 Å². The normalized spacial score (nSPS) is 25.6. The molecular weight excluding hydrogens is 250 g/mol. The molecule has 1 unspecified atom stereocenters. The third-order valence-electron chi connectivity index (χ3n) is 4.06. The second-order valence-electron chi connectivity index (χ2n) is 5.69. The molecule has 2 aromatic rings. The van der Waals surface area contributed by atoms with Crippen LogP contribution >= 0.6 is 0 Å². The average molecular weight is 267 g/mol. The highest BCUT2D eigenvalue weighted by Gasteiger charge is 2.47. The SMILES string of the molecule is OC1(C2CC2)C=CN(Cc2ccc3ccccc3c2)O1. The van der Waals surface area contributed by atoms with Crippen molar-refractivity contribution in [3.05, 3.63) is 60.3 Å². The molecule has 4 rings (SSSR count). The molecule has 1 fully saturated rings. The number of benzene rings is 2.